The molecule has 0 radical (unpaired) electrons. The van der Waals surface area contributed by atoms with E-state index in [4.69, 9.17) is 0 Å². The van der Waals surface area contributed by atoms with E-state index in [2.05, 4.69) is 4.99 Å². The Bertz CT molecular complexity index is 189. The van der Waals surface area contributed by atoms with Gasteiger partial charge in [-0.3, -0.25) is 0 Å². The van der Waals surface area contributed by atoms with Gasteiger partial charge in [0.25, 0.3) is 0 Å². The maximum absolute atomic E-state index is 12.3. The van der Waals surface area contributed by atoms with Gasteiger partial charge in [0, 0.05) is 6.21 Å². The molecule has 0 atom stereocenters. The molecule has 0 aliphatic rings. The quantitative estimate of drug-likeness (QED) is 0.325. The van der Waals surface area contributed by atoms with Crippen molar-refractivity contribution in [3.8, 4) is 0 Å². The molecular weight excluding hydrogens is 162 g/mol. The first-order valence-electron chi connectivity index (χ1n) is 2.82. The Morgan fingerprint density at radius 2 is 1.82 bits per heavy atom. The third kappa shape index (κ3) is 3.15. The van der Waals surface area contributed by atoms with Crippen LogP contribution in [-0.4, -0.2) is 12.4 Å². The normalized spacial score (nSPS) is 15.5. The van der Waals surface area contributed by atoms with E-state index in [1.807, 2.05) is 0 Å². The number of alkyl halides is 3. The summed E-state index contributed by atoms with van der Waals surface area (Å²) in [5.41, 5.74) is -1.31. The molecule has 64 valence electrons. The predicted molar refractivity (Wildman–Crippen MR) is 34.0 cm³/mol. The summed E-state index contributed by atoms with van der Waals surface area (Å²) in [7, 11) is 0. The molecule has 0 aromatic rings. The maximum atomic E-state index is 12.3. The van der Waals surface area contributed by atoms with Crippen molar-refractivity contribution < 1.29 is 17.6 Å². The Labute approximate surface area is 61.4 Å². The first kappa shape index (κ1) is 10.1. The van der Waals surface area contributed by atoms with Crippen LogP contribution in [0, 0.1) is 0 Å². The Morgan fingerprint density at radius 3 is 2.09 bits per heavy atom. The molecule has 0 N–H and O–H groups in total. The summed E-state index contributed by atoms with van der Waals surface area (Å²) in [5.74, 6) is -1.49. The summed E-state index contributed by atoms with van der Waals surface area (Å²) < 4.78 is 47.2. The fourth-order valence-electron chi connectivity index (χ4n) is 0.327. The minimum absolute atomic E-state index is 0.641. The summed E-state index contributed by atoms with van der Waals surface area (Å²) in [5, 5.41) is 0. The van der Waals surface area contributed by atoms with Gasteiger partial charge in [-0.1, -0.05) is 0 Å². The zero-order valence-corrected chi connectivity index (χ0v) is 6.04. The number of allylic oxidation sites excluding steroid dienone is 1. The molecule has 0 heterocycles. The van der Waals surface area contributed by atoms with Gasteiger partial charge in [-0.15, -0.1) is 0 Å². The molecule has 0 saturated heterocycles. The van der Waals surface area contributed by atoms with Crippen molar-refractivity contribution in [1.82, 2.24) is 0 Å². The lowest BCUT2D eigenvalue weighted by molar-refractivity contribution is -0.0932. The van der Waals surface area contributed by atoms with Gasteiger partial charge in [0.05, 0.1) is 5.57 Å². The molecule has 0 spiro atoms. The Balaban J connectivity index is 4.67. The molecule has 0 saturated carbocycles. The van der Waals surface area contributed by atoms with Crippen LogP contribution in [0.25, 0.3) is 0 Å². The van der Waals surface area contributed by atoms with Gasteiger partial charge < -0.3 is 0 Å². The number of halogens is 4. The average Bonchev–Trinajstić information content (AvgIpc) is 1.85. The predicted octanol–water partition coefficient (Wildman–Crippen LogP) is 2.84. The fraction of sp³-hybridized carbons (Fsp3) is 0.500. The molecule has 0 bridgehead atoms. The number of aliphatic imine (C=N–C) groups is 1. The lowest BCUT2D eigenvalue weighted by Crippen LogP contribution is -2.10. The fourth-order valence-corrected chi connectivity index (χ4v) is 0.327. The van der Waals surface area contributed by atoms with E-state index in [0.717, 1.165) is 6.21 Å². The van der Waals surface area contributed by atoms with Gasteiger partial charge in [0.2, 0.25) is 5.95 Å². The van der Waals surface area contributed by atoms with Crippen LogP contribution in [0.4, 0.5) is 17.6 Å². The molecule has 11 heavy (non-hydrogen) atoms. The minimum Gasteiger partial charge on any atom is -0.233 e. The lowest BCUT2D eigenvalue weighted by Gasteiger charge is -2.04. The molecule has 0 aliphatic heterocycles. The largest absolute Gasteiger partial charge is 0.416 e. The molecule has 1 nitrogen and oxygen atoms in total. The molecule has 0 amide bonds. The number of hydrogen-bond acceptors (Lipinski definition) is 1. The number of nitrogens with zero attached hydrogens (tertiary/aromatic N) is 1. The van der Waals surface area contributed by atoms with Gasteiger partial charge >= 0.3 is 6.18 Å². The molecule has 0 unspecified atom stereocenters. The third-order valence-electron chi connectivity index (χ3n) is 0.977. The van der Waals surface area contributed by atoms with Crippen molar-refractivity contribution in [2.24, 2.45) is 4.99 Å². The highest BCUT2D eigenvalue weighted by molar-refractivity contribution is 5.55. The first-order chi connectivity index (χ1) is 4.89. The van der Waals surface area contributed by atoms with E-state index in [-0.39, 0.29) is 0 Å². The van der Waals surface area contributed by atoms with Crippen LogP contribution in [0.2, 0.25) is 0 Å². The molecule has 0 aromatic carbocycles. The summed E-state index contributed by atoms with van der Waals surface area (Å²) in [6.07, 6.45) is -3.67. The smallest absolute Gasteiger partial charge is 0.233 e. The molecule has 0 fully saturated rings. The Hall–Kier alpha value is -0.870. The van der Waals surface area contributed by atoms with Crippen molar-refractivity contribution in [1.29, 1.82) is 0 Å². The van der Waals surface area contributed by atoms with Crippen LogP contribution >= 0.6 is 0 Å². The zero-order chi connectivity index (χ0) is 9.07. The van der Waals surface area contributed by atoms with Gasteiger partial charge in [0.1, 0.15) is 0 Å². The van der Waals surface area contributed by atoms with Crippen LogP contribution in [0.1, 0.15) is 13.8 Å². The highest BCUT2D eigenvalue weighted by Gasteiger charge is 2.33. The standard InChI is InChI=1S/C6H7F4N/c1-3-11-5(7)4(2)6(8,9)10/h3H,1-2H3/b5-4+,11-3?. The zero-order valence-electron chi connectivity index (χ0n) is 6.04. The molecular formula is C6H7F4N. The minimum atomic E-state index is -4.63. The van der Waals surface area contributed by atoms with Crippen molar-refractivity contribution in [2.75, 3.05) is 0 Å². The summed E-state index contributed by atoms with van der Waals surface area (Å²) in [6, 6.07) is 0. The SMILES string of the molecule is CC=N/C(F)=C(\C)C(F)(F)F. The summed E-state index contributed by atoms with van der Waals surface area (Å²) in [4.78, 5) is 2.86. The van der Waals surface area contributed by atoms with Gasteiger partial charge in [-0.2, -0.15) is 17.6 Å². The number of rotatable bonds is 1. The molecule has 0 rings (SSSR count). The van der Waals surface area contributed by atoms with E-state index in [9.17, 15) is 17.6 Å². The van der Waals surface area contributed by atoms with Crippen molar-refractivity contribution in [3.63, 3.8) is 0 Å². The highest BCUT2D eigenvalue weighted by atomic mass is 19.4. The van der Waals surface area contributed by atoms with Gasteiger partial charge in [-0.25, -0.2) is 4.99 Å². The van der Waals surface area contributed by atoms with Crippen LogP contribution in [-0.2, 0) is 0 Å². The topological polar surface area (TPSA) is 12.4 Å². The van der Waals surface area contributed by atoms with Crippen molar-refractivity contribution in [2.45, 2.75) is 20.0 Å². The monoisotopic (exact) mass is 169 g/mol. The van der Waals surface area contributed by atoms with Crippen LogP contribution in [0.3, 0.4) is 0 Å². The van der Waals surface area contributed by atoms with Crippen LogP contribution in [0.15, 0.2) is 16.5 Å². The summed E-state index contributed by atoms with van der Waals surface area (Å²) >= 11 is 0. The Morgan fingerprint density at radius 1 is 1.36 bits per heavy atom. The Kier molecular flexibility index (Phi) is 3.22. The molecule has 0 aliphatic carbocycles. The molecule has 0 aromatic heterocycles. The maximum Gasteiger partial charge on any atom is 0.416 e. The average molecular weight is 169 g/mol. The lowest BCUT2D eigenvalue weighted by atomic mass is 10.3. The summed E-state index contributed by atoms with van der Waals surface area (Å²) in [6.45, 7) is 1.98. The van der Waals surface area contributed by atoms with Crippen molar-refractivity contribution >= 4 is 6.21 Å². The van der Waals surface area contributed by atoms with Gasteiger partial charge in [-0.05, 0) is 13.8 Å². The van der Waals surface area contributed by atoms with E-state index >= 15 is 0 Å². The molecule has 5 heteroatoms. The van der Waals surface area contributed by atoms with E-state index in [0.29, 0.717) is 6.92 Å². The van der Waals surface area contributed by atoms with E-state index in [1.54, 1.807) is 0 Å². The van der Waals surface area contributed by atoms with Crippen LogP contribution in [0.5, 0.6) is 0 Å². The van der Waals surface area contributed by atoms with E-state index in [1.165, 1.54) is 6.92 Å². The third-order valence-corrected chi connectivity index (χ3v) is 0.977. The second-order valence-corrected chi connectivity index (χ2v) is 1.80. The number of hydrogen-bond donors (Lipinski definition) is 0. The highest BCUT2D eigenvalue weighted by Crippen LogP contribution is 2.28. The van der Waals surface area contributed by atoms with Crippen LogP contribution < -0.4 is 0 Å². The van der Waals surface area contributed by atoms with Crippen molar-refractivity contribution in [3.05, 3.63) is 11.5 Å². The second kappa shape index (κ2) is 3.50. The van der Waals surface area contributed by atoms with E-state index < -0.39 is 17.7 Å². The first-order valence-corrected chi connectivity index (χ1v) is 2.82. The second-order valence-electron chi connectivity index (χ2n) is 1.80. The van der Waals surface area contributed by atoms with Gasteiger partial charge in [0.15, 0.2) is 0 Å².